The third kappa shape index (κ3) is 2.94. The molecule has 0 atom stereocenters. The molecule has 2 fully saturated rings. The maximum Gasteiger partial charge on any atom is 0.123 e. The lowest BCUT2D eigenvalue weighted by atomic mass is 10.1. The van der Waals surface area contributed by atoms with E-state index in [2.05, 4.69) is 15.9 Å². The van der Waals surface area contributed by atoms with Crippen molar-refractivity contribution in [2.24, 2.45) is 0 Å². The van der Waals surface area contributed by atoms with Crippen LogP contribution in [0.25, 0.3) is 0 Å². The van der Waals surface area contributed by atoms with Crippen molar-refractivity contribution in [1.82, 2.24) is 9.80 Å². The zero-order chi connectivity index (χ0) is 13.2. The molecule has 0 aromatic heterocycles. The standard InChI is InChI=1S/C15H18FN3/c16-14-2-1-12(10-17)13(9-14)11-18-5-7-19(8-6-18)15-3-4-15/h1-2,9,15H,3-8,11H2. The summed E-state index contributed by atoms with van der Waals surface area (Å²) in [5.41, 5.74) is 1.40. The van der Waals surface area contributed by atoms with Crippen molar-refractivity contribution < 1.29 is 4.39 Å². The number of rotatable bonds is 3. The van der Waals surface area contributed by atoms with Gasteiger partial charge in [-0.05, 0) is 36.6 Å². The van der Waals surface area contributed by atoms with Gasteiger partial charge < -0.3 is 0 Å². The van der Waals surface area contributed by atoms with Crippen LogP contribution in [0.15, 0.2) is 18.2 Å². The average Bonchev–Trinajstić information content (AvgIpc) is 3.24. The van der Waals surface area contributed by atoms with Gasteiger partial charge >= 0.3 is 0 Å². The molecule has 3 nitrogen and oxygen atoms in total. The van der Waals surface area contributed by atoms with Gasteiger partial charge in [0.2, 0.25) is 0 Å². The third-order valence-electron chi connectivity index (χ3n) is 4.05. The Morgan fingerprint density at radius 3 is 2.58 bits per heavy atom. The highest BCUT2D eigenvalue weighted by Crippen LogP contribution is 2.27. The first kappa shape index (κ1) is 12.6. The Hall–Kier alpha value is -1.44. The first-order chi connectivity index (χ1) is 9.26. The zero-order valence-corrected chi connectivity index (χ0v) is 11.0. The van der Waals surface area contributed by atoms with E-state index in [1.165, 1.54) is 25.0 Å². The van der Waals surface area contributed by atoms with Gasteiger partial charge in [0.05, 0.1) is 11.6 Å². The number of halogens is 1. The van der Waals surface area contributed by atoms with Crippen LogP contribution in [0.3, 0.4) is 0 Å². The van der Waals surface area contributed by atoms with Gasteiger partial charge in [-0.15, -0.1) is 0 Å². The van der Waals surface area contributed by atoms with Gasteiger partial charge in [0.25, 0.3) is 0 Å². The summed E-state index contributed by atoms with van der Waals surface area (Å²) in [5.74, 6) is -0.259. The molecule has 0 bridgehead atoms. The summed E-state index contributed by atoms with van der Waals surface area (Å²) < 4.78 is 13.3. The number of piperazine rings is 1. The summed E-state index contributed by atoms with van der Waals surface area (Å²) in [4.78, 5) is 4.86. The van der Waals surface area contributed by atoms with Gasteiger partial charge in [-0.2, -0.15) is 5.26 Å². The molecule has 1 aliphatic heterocycles. The van der Waals surface area contributed by atoms with Crippen molar-refractivity contribution in [3.05, 3.63) is 35.1 Å². The van der Waals surface area contributed by atoms with E-state index in [9.17, 15) is 4.39 Å². The van der Waals surface area contributed by atoms with Gasteiger partial charge in [-0.1, -0.05) is 0 Å². The van der Waals surface area contributed by atoms with E-state index in [1.54, 1.807) is 6.07 Å². The number of hydrogen-bond donors (Lipinski definition) is 0. The van der Waals surface area contributed by atoms with Crippen LogP contribution in [0.5, 0.6) is 0 Å². The Balaban J connectivity index is 1.62. The molecule has 1 aromatic rings. The van der Waals surface area contributed by atoms with Crippen molar-refractivity contribution >= 4 is 0 Å². The molecular formula is C15H18FN3. The maximum atomic E-state index is 13.3. The minimum Gasteiger partial charge on any atom is -0.298 e. The minimum atomic E-state index is -0.259. The van der Waals surface area contributed by atoms with Crippen LogP contribution in [-0.4, -0.2) is 42.0 Å². The van der Waals surface area contributed by atoms with Crippen LogP contribution in [0.1, 0.15) is 24.0 Å². The van der Waals surface area contributed by atoms with Gasteiger partial charge in [0, 0.05) is 38.8 Å². The molecule has 0 N–H and O–H groups in total. The van der Waals surface area contributed by atoms with Crippen LogP contribution >= 0.6 is 0 Å². The van der Waals surface area contributed by atoms with E-state index in [0.717, 1.165) is 37.8 Å². The largest absolute Gasteiger partial charge is 0.298 e. The molecule has 0 spiro atoms. The fraction of sp³-hybridized carbons (Fsp3) is 0.533. The van der Waals surface area contributed by atoms with E-state index in [-0.39, 0.29) is 5.82 Å². The normalized spacial score (nSPS) is 21.3. The molecule has 3 rings (SSSR count). The molecule has 0 unspecified atom stereocenters. The monoisotopic (exact) mass is 259 g/mol. The van der Waals surface area contributed by atoms with Gasteiger partial charge in [-0.25, -0.2) is 4.39 Å². The Labute approximate surface area is 113 Å². The number of nitriles is 1. The minimum absolute atomic E-state index is 0.259. The fourth-order valence-corrected chi connectivity index (χ4v) is 2.77. The molecule has 4 heteroatoms. The summed E-state index contributed by atoms with van der Waals surface area (Å²) in [7, 11) is 0. The second kappa shape index (κ2) is 5.28. The molecule has 1 aliphatic carbocycles. The number of hydrogen-bond acceptors (Lipinski definition) is 3. The van der Waals surface area contributed by atoms with Crippen molar-refractivity contribution in [1.29, 1.82) is 5.26 Å². The van der Waals surface area contributed by atoms with E-state index in [1.807, 2.05) is 0 Å². The second-order valence-corrected chi connectivity index (χ2v) is 5.46. The summed E-state index contributed by atoms with van der Waals surface area (Å²) in [6, 6.07) is 7.39. The molecule has 0 radical (unpaired) electrons. The fourth-order valence-electron chi connectivity index (χ4n) is 2.77. The van der Waals surface area contributed by atoms with Crippen molar-refractivity contribution in [2.75, 3.05) is 26.2 Å². The topological polar surface area (TPSA) is 30.3 Å². The van der Waals surface area contributed by atoms with Crippen LogP contribution in [0.4, 0.5) is 4.39 Å². The quantitative estimate of drug-likeness (QED) is 0.831. The molecule has 2 aliphatic rings. The zero-order valence-electron chi connectivity index (χ0n) is 11.0. The van der Waals surface area contributed by atoms with E-state index in [4.69, 9.17) is 5.26 Å². The van der Waals surface area contributed by atoms with Crippen LogP contribution in [-0.2, 0) is 6.54 Å². The van der Waals surface area contributed by atoms with Crippen LogP contribution in [0, 0.1) is 17.1 Å². The number of benzene rings is 1. The Bertz CT molecular complexity index is 497. The lowest BCUT2D eigenvalue weighted by molar-refractivity contribution is 0.121. The molecule has 19 heavy (non-hydrogen) atoms. The Kier molecular flexibility index (Phi) is 3.50. The van der Waals surface area contributed by atoms with Gasteiger partial charge in [0.1, 0.15) is 5.82 Å². The highest BCUT2D eigenvalue weighted by molar-refractivity contribution is 5.37. The predicted molar refractivity (Wildman–Crippen MR) is 71.0 cm³/mol. The molecule has 0 amide bonds. The molecule has 1 heterocycles. The van der Waals surface area contributed by atoms with Crippen LogP contribution in [0.2, 0.25) is 0 Å². The highest BCUT2D eigenvalue weighted by Gasteiger charge is 2.31. The summed E-state index contributed by atoms with van der Waals surface area (Å²) >= 11 is 0. The lowest BCUT2D eigenvalue weighted by Crippen LogP contribution is -2.46. The first-order valence-electron chi connectivity index (χ1n) is 6.91. The Morgan fingerprint density at radius 1 is 1.21 bits per heavy atom. The van der Waals surface area contributed by atoms with E-state index < -0.39 is 0 Å². The average molecular weight is 259 g/mol. The lowest BCUT2D eigenvalue weighted by Gasteiger charge is -2.34. The van der Waals surface area contributed by atoms with Crippen molar-refractivity contribution in [3.63, 3.8) is 0 Å². The third-order valence-corrected chi connectivity index (χ3v) is 4.05. The van der Waals surface area contributed by atoms with Crippen LogP contribution < -0.4 is 0 Å². The molecular weight excluding hydrogens is 241 g/mol. The maximum absolute atomic E-state index is 13.3. The smallest absolute Gasteiger partial charge is 0.123 e. The van der Waals surface area contributed by atoms with Gasteiger partial charge in [0.15, 0.2) is 0 Å². The molecule has 1 saturated carbocycles. The number of nitrogens with zero attached hydrogens (tertiary/aromatic N) is 3. The van der Waals surface area contributed by atoms with E-state index in [0.29, 0.717) is 12.1 Å². The van der Waals surface area contributed by atoms with Gasteiger partial charge in [-0.3, -0.25) is 9.80 Å². The molecule has 100 valence electrons. The van der Waals surface area contributed by atoms with E-state index >= 15 is 0 Å². The van der Waals surface area contributed by atoms with Crippen molar-refractivity contribution in [3.8, 4) is 6.07 Å². The van der Waals surface area contributed by atoms with Crippen molar-refractivity contribution in [2.45, 2.75) is 25.4 Å². The summed E-state index contributed by atoms with van der Waals surface area (Å²) in [5, 5.41) is 9.06. The Morgan fingerprint density at radius 2 is 1.95 bits per heavy atom. The SMILES string of the molecule is N#Cc1ccc(F)cc1CN1CCN(C2CC2)CC1. The first-order valence-corrected chi connectivity index (χ1v) is 6.91. The predicted octanol–water partition coefficient (Wildman–Crippen LogP) is 1.98. The summed E-state index contributed by atoms with van der Waals surface area (Å²) in [6.07, 6.45) is 2.70. The molecule has 1 aromatic carbocycles. The second-order valence-electron chi connectivity index (χ2n) is 5.46. The molecule has 1 saturated heterocycles. The summed E-state index contributed by atoms with van der Waals surface area (Å²) in [6.45, 7) is 4.90. The highest BCUT2D eigenvalue weighted by atomic mass is 19.1.